The zero-order chi connectivity index (χ0) is 15.1. The fourth-order valence-corrected chi connectivity index (χ4v) is 3.11. The largest absolute Gasteiger partial charge is 0.383 e. The molecule has 0 saturated carbocycles. The van der Waals surface area contributed by atoms with E-state index in [0.29, 0.717) is 24.8 Å². The number of hydrogen-bond acceptors (Lipinski definition) is 6. The molecule has 0 aromatic carbocycles. The van der Waals surface area contributed by atoms with Crippen LogP contribution in [0.3, 0.4) is 0 Å². The van der Waals surface area contributed by atoms with Crippen molar-refractivity contribution in [3.8, 4) is 0 Å². The Morgan fingerprint density at radius 2 is 2.15 bits per heavy atom. The van der Waals surface area contributed by atoms with E-state index in [9.17, 15) is 4.79 Å². The van der Waals surface area contributed by atoms with E-state index < -0.39 is 0 Å². The fraction of sp³-hybridized carbons (Fsp3) is 0.692. The maximum Gasteiger partial charge on any atom is 0.257 e. The minimum atomic E-state index is -0.195. The summed E-state index contributed by atoms with van der Waals surface area (Å²) in [6, 6.07) is 0.341. The lowest BCUT2D eigenvalue weighted by Gasteiger charge is -2.31. The number of carbonyl (C=O) groups is 1. The lowest BCUT2D eigenvalue weighted by molar-refractivity contribution is 0.0964. The van der Waals surface area contributed by atoms with Gasteiger partial charge in [-0.3, -0.25) is 4.79 Å². The average molecular weight is 300 g/mol. The lowest BCUT2D eigenvalue weighted by atomic mass is 10.1. The maximum absolute atomic E-state index is 12.0. The summed E-state index contributed by atoms with van der Waals surface area (Å²) in [6.45, 7) is 5.59. The van der Waals surface area contributed by atoms with Crippen molar-refractivity contribution in [1.29, 1.82) is 0 Å². The Bertz CT molecular complexity index is 432. The highest BCUT2D eigenvalue weighted by atomic mass is 32.1. The Balaban J connectivity index is 3.16. The Hall–Kier alpha value is -1.34. The Kier molecular flexibility index (Phi) is 6.74. The van der Waals surface area contributed by atoms with Gasteiger partial charge in [0.15, 0.2) is 5.82 Å². The highest BCUT2D eigenvalue weighted by Gasteiger charge is 2.26. The third-order valence-corrected chi connectivity index (χ3v) is 4.23. The second-order valence-corrected chi connectivity index (χ2v) is 5.24. The number of amides is 1. The lowest BCUT2D eigenvalue weighted by Crippen LogP contribution is -2.38. The van der Waals surface area contributed by atoms with Gasteiger partial charge in [0.2, 0.25) is 0 Å². The van der Waals surface area contributed by atoms with Gasteiger partial charge in [0.05, 0.1) is 6.61 Å². The van der Waals surface area contributed by atoms with Gasteiger partial charge < -0.3 is 20.7 Å². The predicted octanol–water partition coefficient (Wildman–Crippen LogP) is 1.73. The Morgan fingerprint density at radius 3 is 2.65 bits per heavy atom. The number of anilines is 2. The van der Waals surface area contributed by atoms with E-state index in [4.69, 9.17) is 10.5 Å². The van der Waals surface area contributed by atoms with Crippen LogP contribution in [0.5, 0.6) is 0 Å². The van der Waals surface area contributed by atoms with Crippen molar-refractivity contribution < 1.29 is 9.53 Å². The Morgan fingerprint density at radius 1 is 1.50 bits per heavy atom. The third kappa shape index (κ3) is 3.61. The smallest absolute Gasteiger partial charge is 0.257 e. The van der Waals surface area contributed by atoms with Gasteiger partial charge in [-0.05, 0) is 24.4 Å². The van der Waals surface area contributed by atoms with Gasteiger partial charge in [-0.1, -0.05) is 13.8 Å². The normalized spacial score (nSPS) is 10.8. The summed E-state index contributed by atoms with van der Waals surface area (Å²) in [6.07, 6.45) is 1.98. The fourth-order valence-electron chi connectivity index (χ4n) is 2.20. The van der Waals surface area contributed by atoms with Crippen molar-refractivity contribution in [1.82, 2.24) is 9.69 Å². The molecule has 0 spiro atoms. The average Bonchev–Trinajstić information content (AvgIpc) is 2.84. The molecular weight excluding hydrogens is 276 g/mol. The molecule has 0 radical (unpaired) electrons. The molecule has 0 bridgehead atoms. The van der Waals surface area contributed by atoms with Crippen LogP contribution in [0.2, 0.25) is 0 Å². The molecule has 0 saturated heterocycles. The first kappa shape index (κ1) is 16.7. The SMILES string of the molecule is CCC(CC)N(CCOC)c1snc(N)c1C(=O)NC. The summed E-state index contributed by atoms with van der Waals surface area (Å²) in [7, 11) is 3.27. The highest BCUT2D eigenvalue weighted by molar-refractivity contribution is 7.11. The first-order valence-corrected chi connectivity index (χ1v) is 7.60. The van der Waals surface area contributed by atoms with E-state index in [0.717, 1.165) is 17.8 Å². The second kappa shape index (κ2) is 8.06. The van der Waals surface area contributed by atoms with Gasteiger partial charge in [0.1, 0.15) is 10.6 Å². The number of hydrogen-bond donors (Lipinski definition) is 2. The summed E-state index contributed by atoms with van der Waals surface area (Å²) in [5, 5.41) is 3.45. The van der Waals surface area contributed by atoms with Gasteiger partial charge in [-0.15, -0.1) is 0 Å². The number of aromatic nitrogens is 1. The number of nitrogen functional groups attached to an aromatic ring is 1. The van der Waals surface area contributed by atoms with E-state index in [1.165, 1.54) is 11.5 Å². The third-order valence-electron chi connectivity index (χ3n) is 3.34. The molecule has 0 unspecified atom stereocenters. The van der Waals surface area contributed by atoms with E-state index in [1.54, 1.807) is 14.2 Å². The van der Waals surface area contributed by atoms with Gasteiger partial charge >= 0.3 is 0 Å². The number of rotatable bonds is 8. The number of nitrogens with one attached hydrogen (secondary N) is 1. The molecule has 7 heteroatoms. The predicted molar refractivity (Wildman–Crippen MR) is 83.5 cm³/mol. The van der Waals surface area contributed by atoms with Crippen molar-refractivity contribution in [3.05, 3.63) is 5.56 Å². The second-order valence-electron chi connectivity index (χ2n) is 4.48. The molecule has 20 heavy (non-hydrogen) atoms. The van der Waals surface area contributed by atoms with Crippen molar-refractivity contribution in [2.75, 3.05) is 37.9 Å². The van der Waals surface area contributed by atoms with Crippen molar-refractivity contribution >= 4 is 28.3 Å². The maximum atomic E-state index is 12.0. The monoisotopic (exact) mass is 300 g/mol. The zero-order valence-corrected chi connectivity index (χ0v) is 13.4. The molecule has 0 aliphatic rings. The number of methoxy groups -OCH3 is 1. The molecule has 1 amide bonds. The van der Waals surface area contributed by atoms with Crippen molar-refractivity contribution in [3.63, 3.8) is 0 Å². The van der Waals surface area contributed by atoms with Gasteiger partial charge in [0, 0.05) is 26.7 Å². The van der Waals surface area contributed by atoms with Crippen LogP contribution in [-0.2, 0) is 4.74 Å². The molecule has 0 atom stereocenters. The van der Waals surface area contributed by atoms with Crippen LogP contribution < -0.4 is 16.0 Å². The molecule has 0 aliphatic heterocycles. The summed E-state index contributed by atoms with van der Waals surface area (Å²) in [4.78, 5) is 14.2. The standard InChI is InChI=1S/C13H24N4O2S/c1-5-9(6-2)17(7-8-19-4)13-10(12(18)15-3)11(14)16-20-13/h9H,5-8H2,1-4H3,(H2,14,16)(H,15,18). The first-order valence-electron chi connectivity index (χ1n) is 6.83. The molecule has 114 valence electrons. The van der Waals surface area contributed by atoms with Crippen LogP contribution in [0.4, 0.5) is 10.8 Å². The first-order chi connectivity index (χ1) is 9.60. The highest BCUT2D eigenvalue weighted by Crippen LogP contribution is 2.33. The summed E-state index contributed by atoms with van der Waals surface area (Å²) < 4.78 is 9.32. The number of nitrogens with two attached hydrogens (primary N) is 1. The van der Waals surface area contributed by atoms with Crippen LogP contribution in [0.25, 0.3) is 0 Å². The molecule has 1 heterocycles. The molecular formula is C13H24N4O2S. The van der Waals surface area contributed by atoms with Gasteiger partial charge in [-0.2, -0.15) is 4.37 Å². The van der Waals surface area contributed by atoms with Crippen LogP contribution in [-0.4, -0.2) is 43.6 Å². The van der Waals surface area contributed by atoms with E-state index in [-0.39, 0.29) is 11.7 Å². The molecule has 0 aliphatic carbocycles. The minimum Gasteiger partial charge on any atom is -0.383 e. The molecule has 3 N–H and O–H groups in total. The summed E-state index contributed by atoms with van der Waals surface area (Å²) >= 11 is 1.27. The number of nitrogens with zero attached hydrogens (tertiary/aromatic N) is 2. The zero-order valence-electron chi connectivity index (χ0n) is 12.6. The number of carbonyl (C=O) groups excluding carboxylic acids is 1. The van der Waals surface area contributed by atoms with Gasteiger partial charge in [0.25, 0.3) is 5.91 Å². The molecule has 1 rings (SSSR count). The summed E-state index contributed by atoms with van der Waals surface area (Å²) in [5.74, 6) is 0.0948. The minimum absolute atomic E-state index is 0.195. The van der Waals surface area contributed by atoms with Gasteiger partial charge in [-0.25, -0.2) is 0 Å². The Labute approximate surface area is 124 Å². The molecule has 6 nitrogen and oxygen atoms in total. The van der Waals surface area contributed by atoms with E-state index >= 15 is 0 Å². The van der Waals surface area contributed by atoms with E-state index in [2.05, 4.69) is 28.4 Å². The molecule has 0 fully saturated rings. The van der Waals surface area contributed by atoms with Crippen LogP contribution >= 0.6 is 11.5 Å². The van der Waals surface area contributed by atoms with E-state index in [1.807, 2.05) is 0 Å². The van der Waals surface area contributed by atoms with Crippen LogP contribution in [0.15, 0.2) is 0 Å². The quantitative estimate of drug-likeness (QED) is 0.764. The molecule has 1 aromatic rings. The van der Waals surface area contributed by atoms with Crippen molar-refractivity contribution in [2.45, 2.75) is 32.7 Å². The molecule has 1 aromatic heterocycles. The van der Waals surface area contributed by atoms with Crippen LogP contribution in [0, 0.1) is 0 Å². The number of ether oxygens (including phenoxy) is 1. The van der Waals surface area contributed by atoms with Crippen LogP contribution in [0.1, 0.15) is 37.0 Å². The topological polar surface area (TPSA) is 80.5 Å². The summed E-state index contributed by atoms with van der Waals surface area (Å²) in [5.41, 5.74) is 6.32. The van der Waals surface area contributed by atoms with Crippen molar-refractivity contribution in [2.24, 2.45) is 0 Å².